The van der Waals surface area contributed by atoms with E-state index in [1.54, 1.807) is 22.9 Å². The van der Waals surface area contributed by atoms with Crippen LogP contribution in [0.1, 0.15) is 46.4 Å². The molecule has 2 fully saturated rings. The third-order valence-electron chi connectivity index (χ3n) is 5.11. The second-order valence-electron chi connectivity index (χ2n) is 7.68. The number of amides is 2. The van der Waals surface area contributed by atoms with Gasteiger partial charge in [0.25, 0.3) is 11.8 Å². The SMILES string of the molecule is CC(C)c1cc(C(=O)N2CC3(C2)CN(C(=O)c2nn(C)cc2F)C3)n[nH]1. The highest BCUT2D eigenvalue weighted by molar-refractivity contribution is 5.94. The highest BCUT2D eigenvalue weighted by atomic mass is 19.1. The third kappa shape index (κ3) is 2.58. The van der Waals surface area contributed by atoms with E-state index in [4.69, 9.17) is 0 Å². The number of carbonyl (C=O) groups is 2. The minimum atomic E-state index is -0.608. The van der Waals surface area contributed by atoms with Gasteiger partial charge in [0, 0.05) is 44.3 Å². The van der Waals surface area contributed by atoms with Gasteiger partial charge >= 0.3 is 0 Å². The van der Waals surface area contributed by atoms with Crippen LogP contribution >= 0.6 is 0 Å². The first-order valence-corrected chi connectivity index (χ1v) is 8.61. The van der Waals surface area contributed by atoms with Crippen molar-refractivity contribution < 1.29 is 14.0 Å². The Morgan fingerprint density at radius 1 is 1.19 bits per heavy atom. The average Bonchev–Trinajstić information content (AvgIpc) is 3.10. The summed E-state index contributed by atoms with van der Waals surface area (Å²) in [6.45, 7) is 6.27. The molecule has 0 atom stereocenters. The van der Waals surface area contributed by atoms with Gasteiger partial charge in [0.1, 0.15) is 5.69 Å². The molecule has 0 radical (unpaired) electrons. The molecule has 8 nitrogen and oxygen atoms in total. The second kappa shape index (κ2) is 5.65. The summed E-state index contributed by atoms with van der Waals surface area (Å²) in [6.07, 6.45) is 1.18. The lowest BCUT2D eigenvalue weighted by Crippen LogP contribution is -2.73. The Labute approximate surface area is 150 Å². The number of nitrogens with zero attached hydrogens (tertiary/aromatic N) is 5. The van der Waals surface area contributed by atoms with Gasteiger partial charge in [-0.15, -0.1) is 0 Å². The number of carbonyl (C=O) groups excluding carboxylic acids is 2. The van der Waals surface area contributed by atoms with Gasteiger partial charge in [-0.3, -0.25) is 19.4 Å². The number of hydrogen-bond donors (Lipinski definition) is 1. The van der Waals surface area contributed by atoms with Crippen molar-refractivity contribution in [2.45, 2.75) is 19.8 Å². The van der Waals surface area contributed by atoms with E-state index in [-0.39, 0.29) is 22.9 Å². The van der Waals surface area contributed by atoms with Gasteiger partial charge in [-0.05, 0) is 12.0 Å². The van der Waals surface area contributed by atoms with Crippen molar-refractivity contribution in [3.63, 3.8) is 0 Å². The molecule has 0 aliphatic carbocycles. The molecule has 0 unspecified atom stereocenters. The number of aromatic nitrogens is 4. The summed E-state index contributed by atoms with van der Waals surface area (Å²) in [7, 11) is 1.58. The average molecular weight is 360 g/mol. The van der Waals surface area contributed by atoms with Crippen LogP contribution in [0.3, 0.4) is 0 Å². The molecular formula is C17H21FN6O2. The maximum atomic E-state index is 13.7. The van der Waals surface area contributed by atoms with E-state index in [0.29, 0.717) is 31.9 Å². The Kier molecular flexibility index (Phi) is 3.64. The first-order valence-electron chi connectivity index (χ1n) is 8.61. The Morgan fingerprint density at radius 2 is 1.81 bits per heavy atom. The lowest BCUT2D eigenvalue weighted by Gasteiger charge is -2.59. The van der Waals surface area contributed by atoms with E-state index in [9.17, 15) is 14.0 Å². The van der Waals surface area contributed by atoms with E-state index in [0.717, 1.165) is 5.69 Å². The molecule has 2 aliphatic heterocycles. The minimum absolute atomic E-state index is 0.0756. The van der Waals surface area contributed by atoms with Crippen molar-refractivity contribution in [1.82, 2.24) is 29.8 Å². The molecule has 1 N–H and O–H groups in total. The minimum Gasteiger partial charge on any atom is -0.336 e. The molecule has 2 saturated heterocycles. The molecule has 26 heavy (non-hydrogen) atoms. The Morgan fingerprint density at radius 3 is 2.31 bits per heavy atom. The van der Waals surface area contributed by atoms with Crippen molar-refractivity contribution >= 4 is 11.8 Å². The monoisotopic (exact) mass is 360 g/mol. The zero-order chi connectivity index (χ0) is 18.6. The van der Waals surface area contributed by atoms with E-state index >= 15 is 0 Å². The van der Waals surface area contributed by atoms with Crippen LogP contribution in [-0.4, -0.2) is 67.8 Å². The molecule has 0 saturated carbocycles. The highest BCUT2D eigenvalue weighted by Crippen LogP contribution is 2.40. The van der Waals surface area contributed by atoms with Gasteiger partial charge in [0.05, 0.1) is 6.20 Å². The summed E-state index contributed by atoms with van der Waals surface area (Å²) < 4.78 is 15.0. The van der Waals surface area contributed by atoms with Crippen LogP contribution in [0, 0.1) is 11.2 Å². The van der Waals surface area contributed by atoms with Crippen LogP contribution in [0.25, 0.3) is 0 Å². The Hall–Kier alpha value is -2.71. The number of H-pyrrole nitrogens is 1. The fraction of sp³-hybridized carbons (Fsp3) is 0.529. The fourth-order valence-corrected chi connectivity index (χ4v) is 3.67. The molecule has 4 rings (SSSR count). The van der Waals surface area contributed by atoms with Crippen LogP contribution in [0.4, 0.5) is 4.39 Å². The number of rotatable bonds is 3. The van der Waals surface area contributed by atoms with Crippen LogP contribution in [-0.2, 0) is 7.05 Å². The zero-order valence-electron chi connectivity index (χ0n) is 15.0. The summed E-state index contributed by atoms with van der Waals surface area (Å²) in [5.74, 6) is -0.819. The van der Waals surface area contributed by atoms with Crippen LogP contribution < -0.4 is 0 Å². The van der Waals surface area contributed by atoms with Crippen molar-refractivity contribution in [2.24, 2.45) is 12.5 Å². The van der Waals surface area contributed by atoms with Gasteiger partial charge in [-0.2, -0.15) is 10.2 Å². The molecule has 138 valence electrons. The van der Waals surface area contributed by atoms with Crippen molar-refractivity contribution in [1.29, 1.82) is 0 Å². The summed E-state index contributed by atoms with van der Waals surface area (Å²) in [6, 6.07) is 1.79. The molecule has 9 heteroatoms. The number of halogens is 1. The quantitative estimate of drug-likeness (QED) is 0.885. The first-order chi connectivity index (χ1) is 12.3. The van der Waals surface area contributed by atoms with Crippen molar-refractivity contribution in [3.8, 4) is 0 Å². The van der Waals surface area contributed by atoms with E-state index < -0.39 is 11.7 Å². The second-order valence-corrected chi connectivity index (χ2v) is 7.68. The predicted molar refractivity (Wildman–Crippen MR) is 90.1 cm³/mol. The third-order valence-corrected chi connectivity index (χ3v) is 5.11. The van der Waals surface area contributed by atoms with Crippen LogP contribution in [0.2, 0.25) is 0 Å². The number of likely N-dealkylation sites (tertiary alicyclic amines) is 2. The van der Waals surface area contributed by atoms with Gasteiger partial charge < -0.3 is 9.80 Å². The maximum Gasteiger partial charge on any atom is 0.277 e. The number of aryl methyl sites for hydroxylation is 1. The summed E-state index contributed by atoms with van der Waals surface area (Å²) in [5.41, 5.74) is 1.13. The van der Waals surface area contributed by atoms with Gasteiger partial charge in [-0.1, -0.05) is 13.8 Å². The molecule has 2 aliphatic rings. The molecule has 4 heterocycles. The molecule has 2 aromatic rings. The first kappa shape index (κ1) is 16.7. The van der Waals surface area contributed by atoms with E-state index in [1.165, 1.54) is 10.9 Å². The molecule has 0 bridgehead atoms. The lowest BCUT2D eigenvalue weighted by molar-refractivity contribution is -0.0826. The lowest BCUT2D eigenvalue weighted by atomic mass is 9.72. The van der Waals surface area contributed by atoms with Gasteiger partial charge in [0.2, 0.25) is 0 Å². The smallest absolute Gasteiger partial charge is 0.277 e. The van der Waals surface area contributed by atoms with Gasteiger partial charge in [-0.25, -0.2) is 4.39 Å². The van der Waals surface area contributed by atoms with Crippen molar-refractivity contribution in [3.05, 3.63) is 35.2 Å². The predicted octanol–water partition coefficient (Wildman–Crippen LogP) is 1.00. The largest absolute Gasteiger partial charge is 0.336 e. The van der Waals surface area contributed by atoms with Crippen molar-refractivity contribution in [2.75, 3.05) is 26.2 Å². The van der Waals surface area contributed by atoms with Crippen LogP contribution in [0.15, 0.2) is 12.3 Å². The maximum absolute atomic E-state index is 13.7. The number of hydrogen-bond acceptors (Lipinski definition) is 4. The summed E-state index contributed by atoms with van der Waals surface area (Å²) in [4.78, 5) is 28.1. The summed E-state index contributed by atoms with van der Waals surface area (Å²) >= 11 is 0. The standard InChI is InChI=1S/C17H21FN6O2/c1-10(2)12-4-13(20-19-12)15(25)23-6-17(7-23)8-24(9-17)16(26)14-11(18)5-22(3)21-14/h4-5,10H,6-9H2,1-3H3,(H,19,20). The highest BCUT2D eigenvalue weighted by Gasteiger charge is 2.55. The van der Waals surface area contributed by atoms with E-state index in [2.05, 4.69) is 15.3 Å². The number of nitrogens with one attached hydrogen (secondary N) is 1. The van der Waals surface area contributed by atoms with E-state index in [1.807, 2.05) is 13.8 Å². The molecular weight excluding hydrogens is 339 g/mol. The molecule has 2 aromatic heterocycles. The topological polar surface area (TPSA) is 87.1 Å². The fourth-order valence-electron chi connectivity index (χ4n) is 3.67. The zero-order valence-corrected chi connectivity index (χ0v) is 15.0. The van der Waals surface area contributed by atoms with Crippen LogP contribution in [0.5, 0.6) is 0 Å². The number of aromatic amines is 1. The summed E-state index contributed by atoms with van der Waals surface area (Å²) in [5, 5.41) is 10.9. The normalized spacial score (nSPS) is 18.2. The Balaban J connectivity index is 1.33. The Bertz CT molecular complexity index is 872. The van der Waals surface area contributed by atoms with Gasteiger partial charge in [0.15, 0.2) is 11.5 Å². The molecule has 1 spiro atoms. The molecule has 0 aromatic carbocycles. The molecule has 2 amide bonds.